The molecule has 1 atom stereocenters. The zero-order chi connectivity index (χ0) is 7.19. The fraction of sp³-hybridized carbons (Fsp3) is 0.286. The van der Waals surface area contributed by atoms with E-state index in [1.54, 1.807) is 12.2 Å². The summed E-state index contributed by atoms with van der Waals surface area (Å²) in [4.78, 5) is 10.8. The fourth-order valence-electron chi connectivity index (χ4n) is 0.893. The summed E-state index contributed by atoms with van der Waals surface area (Å²) in [5.41, 5.74) is -0.314. The van der Waals surface area contributed by atoms with E-state index in [9.17, 15) is 4.79 Å². The molecule has 0 aromatic rings. The first-order valence-electron chi connectivity index (χ1n) is 2.98. The van der Waals surface area contributed by atoms with Crippen molar-refractivity contribution in [2.45, 2.75) is 5.60 Å². The molecule has 1 spiro atoms. The van der Waals surface area contributed by atoms with Crippen LogP contribution in [0.15, 0.2) is 23.3 Å². The Bertz CT molecular complexity index is 248. The number of allylic oxidation sites excluding steroid dienone is 2. The molecular weight excluding hydrogens is 152 g/mol. The van der Waals surface area contributed by atoms with Crippen molar-refractivity contribution in [2.75, 3.05) is 6.61 Å². The molecule has 2 aliphatic rings. The SMILES string of the molecule is O=C1C=CC2(C=C1Cl)CO2. The molecule has 52 valence electrons. The van der Waals surface area contributed by atoms with Crippen molar-refractivity contribution >= 4 is 17.4 Å². The summed E-state index contributed by atoms with van der Waals surface area (Å²) < 4.78 is 5.06. The van der Waals surface area contributed by atoms with E-state index in [1.807, 2.05) is 0 Å². The second kappa shape index (κ2) is 1.71. The van der Waals surface area contributed by atoms with E-state index in [2.05, 4.69) is 0 Å². The summed E-state index contributed by atoms with van der Waals surface area (Å²) in [7, 11) is 0. The molecule has 2 rings (SSSR count). The summed E-state index contributed by atoms with van der Waals surface area (Å²) in [6.45, 7) is 0.646. The van der Waals surface area contributed by atoms with Gasteiger partial charge in [0, 0.05) is 0 Å². The predicted octanol–water partition coefficient (Wildman–Crippen LogP) is 1.02. The van der Waals surface area contributed by atoms with Crippen LogP contribution < -0.4 is 0 Å². The Morgan fingerprint density at radius 2 is 2.40 bits per heavy atom. The molecule has 0 bridgehead atoms. The summed E-state index contributed by atoms with van der Waals surface area (Å²) in [6.07, 6.45) is 4.84. The van der Waals surface area contributed by atoms with Gasteiger partial charge in [0.15, 0.2) is 5.78 Å². The smallest absolute Gasteiger partial charge is 0.196 e. The first-order chi connectivity index (χ1) is 4.72. The van der Waals surface area contributed by atoms with Crippen LogP contribution in [0.5, 0.6) is 0 Å². The van der Waals surface area contributed by atoms with Crippen molar-refractivity contribution in [1.82, 2.24) is 0 Å². The number of carbonyl (C=O) groups excluding carboxylic acids is 1. The number of ether oxygens (including phenoxy) is 1. The molecule has 2 nitrogen and oxygen atoms in total. The molecular formula is C7H5ClO2. The summed E-state index contributed by atoms with van der Waals surface area (Å²) >= 11 is 5.57. The molecule has 1 saturated heterocycles. The van der Waals surface area contributed by atoms with Gasteiger partial charge in [0.25, 0.3) is 0 Å². The van der Waals surface area contributed by atoms with E-state index < -0.39 is 0 Å². The number of rotatable bonds is 0. The normalized spacial score (nSPS) is 36.5. The monoisotopic (exact) mass is 156 g/mol. The van der Waals surface area contributed by atoms with Crippen LogP contribution in [0.1, 0.15) is 0 Å². The number of epoxide rings is 1. The van der Waals surface area contributed by atoms with E-state index in [4.69, 9.17) is 16.3 Å². The van der Waals surface area contributed by atoms with Gasteiger partial charge in [-0.3, -0.25) is 4.79 Å². The number of halogens is 1. The average Bonchev–Trinajstić information content (AvgIpc) is 2.62. The molecule has 1 fully saturated rings. The van der Waals surface area contributed by atoms with Crippen LogP contribution >= 0.6 is 11.6 Å². The maximum Gasteiger partial charge on any atom is 0.196 e. The second-order valence-electron chi connectivity index (χ2n) is 2.43. The first kappa shape index (κ1) is 6.13. The van der Waals surface area contributed by atoms with Gasteiger partial charge in [-0.2, -0.15) is 0 Å². The third kappa shape index (κ3) is 0.805. The summed E-state index contributed by atoms with van der Waals surface area (Å²) in [6, 6.07) is 0. The van der Waals surface area contributed by atoms with E-state index in [1.165, 1.54) is 6.08 Å². The highest BCUT2D eigenvalue weighted by Crippen LogP contribution is 2.34. The zero-order valence-electron chi connectivity index (χ0n) is 5.13. The van der Waals surface area contributed by atoms with Crippen LogP contribution in [0, 0.1) is 0 Å². The van der Waals surface area contributed by atoms with Crippen LogP contribution in [-0.2, 0) is 9.53 Å². The lowest BCUT2D eigenvalue weighted by atomic mass is 10.0. The highest BCUT2D eigenvalue weighted by molar-refractivity contribution is 6.44. The van der Waals surface area contributed by atoms with Gasteiger partial charge in [-0.25, -0.2) is 0 Å². The minimum Gasteiger partial charge on any atom is -0.361 e. The molecule has 1 unspecified atom stereocenters. The van der Waals surface area contributed by atoms with Gasteiger partial charge in [-0.05, 0) is 18.2 Å². The highest BCUT2D eigenvalue weighted by atomic mass is 35.5. The lowest BCUT2D eigenvalue weighted by Crippen LogP contribution is -2.10. The number of ketones is 1. The fourth-order valence-corrected chi connectivity index (χ4v) is 1.14. The highest BCUT2D eigenvalue weighted by Gasteiger charge is 2.42. The van der Waals surface area contributed by atoms with Gasteiger partial charge in [-0.15, -0.1) is 0 Å². The maximum absolute atomic E-state index is 10.8. The Kier molecular flexibility index (Phi) is 1.05. The van der Waals surface area contributed by atoms with Gasteiger partial charge in [0.05, 0.1) is 11.6 Å². The molecule has 0 aromatic heterocycles. The van der Waals surface area contributed by atoms with E-state index in [0.717, 1.165) is 0 Å². The van der Waals surface area contributed by atoms with Crippen LogP contribution in [0.2, 0.25) is 0 Å². The Labute approximate surface area is 63.1 Å². The van der Waals surface area contributed by atoms with Crippen molar-refractivity contribution in [3.8, 4) is 0 Å². The van der Waals surface area contributed by atoms with Crippen LogP contribution in [0.4, 0.5) is 0 Å². The molecule has 0 saturated carbocycles. The predicted molar refractivity (Wildman–Crippen MR) is 36.8 cm³/mol. The van der Waals surface area contributed by atoms with Gasteiger partial charge in [0.1, 0.15) is 5.60 Å². The minimum atomic E-state index is -0.314. The maximum atomic E-state index is 10.8. The summed E-state index contributed by atoms with van der Waals surface area (Å²) in [5, 5.41) is 0.264. The molecule has 0 radical (unpaired) electrons. The molecule has 1 aliphatic carbocycles. The third-order valence-electron chi connectivity index (χ3n) is 1.60. The van der Waals surface area contributed by atoms with Crippen molar-refractivity contribution in [1.29, 1.82) is 0 Å². The van der Waals surface area contributed by atoms with Gasteiger partial charge < -0.3 is 4.74 Å². The topological polar surface area (TPSA) is 29.6 Å². The molecule has 1 aliphatic heterocycles. The molecule has 10 heavy (non-hydrogen) atoms. The molecule has 3 heteroatoms. The van der Waals surface area contributed by atoms with Gasteiger partial charge >= 0.3 is 0 Å². The van der Waals surface area contributed by atoms with Crippen molar-refractivity contribution in [3.63, 3.8) is 0 Å². The van der Waals surface area contributed by atoms with E-state index in [-0.39, 0.29) is 16.4 Å². The molecule has 0 aromatic carbocycles. The van der Waals surface area contributed by atoms with Crippen molar-refractivity contribution in [2.24, 2.45) is 0 Å². The minimum absolute atomic E-state index is 0.136. The van der Waals surface area contributed by atoms with Crippen LogP contribution in [0.25, 0.3) is 0 Å². The first-order valence-corrected chi connectivity index (χ1v) is 3.36. The Morgan fingerprint density at radius 1 is 1.70 bits per heavy atom. The van der Waals surface area contributed by atoms with E-state index >= 15 is 0 Å². The molecule has 0 N–H and O–H groups in total. The third-order valence-corrected chi connectivity index (χ3v) is 1.90. The lowest BCUT2D eigenvalue weighted by Gasteiger charge is -2.04. The molecule has 0 amide bonds. The van der Waals surface area contributed by atoms with Gasteiger partial charge in [0.2, 0.25) is 0 Å². The largest absolute Gasteiger partial charge is 0.361 e. The average molecular weight is 157 g/mol. The van der Waals surface area contributed by atoms with Crippen molar-refractivity contribution in [3.05, 3.63) is 23.3 Å². The number of hydrogen-bond acceptors (Lipinski definition) is 2. The van der Waals surface area contributed by atoms with Gasteiger partial charge in [-0.1, -0.05) is 11.6 Å². The number of hydrogen-bond donors (Lipinski definition) is 0. The summed E-state index contributed by atoms with van der Waals surface area (Å²) in [5.74, 6) is -0.136. The standard InChI is InChI=1S/C7H5ClO2/c8-5-3-7(4-10-7)2-1-6(5)9/h1-3H,4H2. The quantitative estimate of drug-likeness (QED) is 0.490. The zero-order valence-corrected chi connectivity index (χ0v) is 5.89. The number of carbonyl (C=O) groups is 1. The Balaban J connectivity index is 2.34. The molecule has 1 heterocycles. The lowest BCUT2D eigenvalue weighted by molar-refractivity contribution is -0.110. The Hall–Kier alpha value is -0.600. The second-order valence-corrected chi connectivity index (χ2v) is 2.84. The van der Waals surface area contributed by atoms with Crippen LogP contribution in [-0.4, -0.2) is 18.0 Å². The Morgan fingerprint density at radius 3 is 2.90 bits per heavy atom. The van der Waals surface area contributed by atoms with Crippen LogP contribution in [0.3, 0.4) is 0 Å². The van der Waals surface area contributed by atoms with Crippen molar-refractivity contribution < 1.29 is 9.53 Å². The van der Waals surface area contributed by atoms with E-state index in [0.29, 0.717) is 6.61 Å².